The molecule has 136 valence electrons. The summed E-state index contributed by atoms with van der Waals surface area (Å²) in [6.07, 6.45) is 4.49. The van der Waals surface area contributed by atoms with E-state index >= 15 is 0 Å². The summed E-state index contributed by atoms with van der Waals surface area (Å²) in [5.41, 5.74) is 2.14. The Bertz CT molecular complexity index is 792. The molecule has 1 fully saturated rings. The number of hydrogen-bond acceptors (Lipinski definition) is 4. The first-order valence-electron chi connectivity index (χ1n) is 8.99. The van der Waals surface area contributed by atoms with Gasteiger partial charge in [-0.2, -0.15) is 0 Å². The number of aromatic nitrogens is 2. The molecular weight excluding hydrogens is 328 g/mol. The molecule has 6 heteroatoms. The maximum Gasteiger partial charge on any atom is 0.254 e. The number of nitrogens with one attached hydrogen (secondary N) is 1. The number of aryl methyl sites for hydroxylation is 1. The molecule has 2 aromatic rings. The van der Waals surface area contributed by atoms with E-state index in [1.807, 2.05) is 42.2 Å². The van der Waals surface area contributed by atoms with Crippen LogP contribution >= 0.6 is 0 Å². The fourth-order valence-corrected chi connectivity index (χ4v) is 3.32. The molecule has 26 heavy (non-hydrogen) atoms. The molecule has 3 rings (SSSR count). The standard InChI is InChI=1S/C20H24N4O2/c1-14-17(20(26)22-12-16-8-4-3-5-9-16)13-21-19(23-14)18-10-6-7-11-24(18)15(2)25/h3-5,8-9,13,18H,6-7,10-12H2,1-2H3,(H,22,26). The fourth-order valence-electron chi connectivity index (χ4n) is 3.32. The maximum atomic E-state index is 12.4. The molecule has 0 aliphatic carbocycles. The van der Waals surface area contributed by atoms with Crippen molar-refractivity contribution < 1.29 is 9.59 Å². The number of carbonyl (C=O) groups excluding carboxylic acids is 2. The third-order valence-electron chi connectivity index (χ3n) is 4.74. The average Bonchev–Trinajstić information content (AvgIpc) is 2.66. The van der Waals surface area contributed by atoms with E-state index in [0.717, 1.165) is 31.4 Å². The van der Waals surface area contributed by atoms with Crippen molar-refractivity contribution in [2.75, 3.05) is 6.54 Å². The largest absolute Gasteiger partial charge is 0.348 e. The van der Waals surface area contributed by atoms with Gasteiger partial charge in [-0.1, -0.05) is 30.3 Å². The second kappa shape index (κ2) is 8.08. The summed E-state index contributed by atoms with van der Waals surface area (Å²) in [7, 11) is 0. The summed E-state index contributed by atoms with van der Waals surface area (Å²) in [4.78, 5) is 35.1. The van der Waals surface area contributed by atoms with Crippen LogP contribution in [0.15, 0.2) is 36.5 Å². The van der Waals surface area contributed by atoms with Gasteiger partial charge in [0.25, 0.3) is 5.91 Å². The first-order chi connectivity index (χ1) is 12.6. The number of likely N-dealkylation sites (tertiary alicyclic amines) is 1. The van der Waals surface area contributed by atoms with Crippen molar-refractivity contribution in [3.63, 3.8) is 0 Å². The van der Waals surface area contributed by atoms with Gasteiger partial charge in [-0.3, -0.25) is 9.59 Å². The van der Waals surface area contributed by atoms with Crippen molar-refractivity contribution in [3.8, 4) is 0 Å². The number of hydrogen-bond donors (Lipinski definition) is 1. The summed E-state index contributed by atoms with van der Waals surface area (Å²) in [5.74, 6) is 0.475. The predicted octanol–water partition coefficient (Wildman–Crippen LogP) is 2.79. The van der Waals surface area contributed by atoms with Crippen LogP contribution in [0, 0.1) is 6.92 Å². The number of carbonyl (C=O) groups is 2. The number of benzene rings is 1. The Morgan fingerprint density at radius 1 is 1.23 bits per heavy atom. The van der Waals surface area contributed by atoms with E-state index < -0.39 is 0 Å². The van der Waals surface area contributed by atoms with E-state index in [0.29, 0.717) is 23.6 Å². The van der Waals surface area contributed by atoms with E-state index in [-0.39, 0.29) is 17.9 Å². The quantitative estimate of drug-likeness (QED) is 0.918. The van der Waals surface area contributed by atoms with Gasteiger partial charge in [0.15, 0.2) is 5.82 Å². The van der Waals surface area contributed by atoms with Crippen molar-refractivity contribution in [2.24, 2.45) is 0 Å². The summed E-state index contributed by atoms with van der Waals surface area (Å²) in [6.45, 7) is 4.59. The minimum atomic E-state index is -0.190. The zero-order valence-electron chi connectivity index (χ0n) is 15.2. The van der Waals surface area contributed by atoms with Crippen LogP contribution in [0.2, 0.25) is 0 Å². The molecule has 0 spiro atoms. The molecule has 0 bridgehead atoms. The van der Waals surface area contributed by atoms with Crippen LogP contribution in [0.5, 0.6) is 0 Å². The van der Waals surface area contributed by atoms with Crippen LogP contribution in [-0.4, -0.2) is 33.2 Å². The van der Waals surface area contributed by atoms with Gasteiger partial charge in [-0.25, -0.2) is 9.97 Å². The normalized spacial score (nSPS) is 17.0. The van der Waals surface area contributed by atoms with E-state index in [2.05, 4.69) is 15.3 Å². The van der Waals surface area contributed by atoms with Gasteiger partial charge >= 0.3 is 0 Å². The van der Waals surface area contributed by atoms with Gasteiger partial charge in [0.1, 0.15) is 0 Å². The molecule has 1 N–H and O–H groups in total. The Hall–Kier alpha value is -2.76. The molecule has 1 aliphatic heterocycles. The van der Waals surface area contributed by atoms with Crippen LogP contribution in [0.25, 0.3) is 0 Å². The number of piperidine rings is 1. The lowest BCUT2D eigenvalue weighted by Gasteiger charge is -2.34. The Kier molecular flexibility index (Phi) is 5.61. The van der Waals surface area contributed by atoms with E-state index in [9.17, 15) is 9.59 Å². The monoisotopic (exact) mass is 352 g/mol. The molecule has 6 nitrogen and oxygen atoms in total. The smallest absolute Gasteiger partial charge is 0.254 e. The Morgan fingerprint density at radius 2 is 2.00 bits per heavy atom. The zero-order valence-corrected chi connectivity index (χ0v) is 15.2. The molecule has 1 aromatic heterocycles. The Morgan fingerprint density at radius 3 is 2.69 bits per heavy atom. The average molecular weight is 352 g/mol. The first-order valence-corrected chi connectivity index (χ1v) is 8.99. The van der Waals surface area contributed by atoms with Crippen LogP contribution in [-0.2, 0) is 11.3 Å². The topological polar surface area (TPSA) is 75.2 Å². The lowest BCUT2D eigenvalue weighted by atomic mass is 10.0. The highest BCUT2D eigenvalue weighted by Gasteiger charge is 2.28. The summed E-state index contributed by atoms with van der Waals surface area (Å²) in [6, 6.07) is 9.66. The molecule has 2 amide bonds. The van der Waals surface area contributed by atoms with Crippen molar-refractivity contribution in [1.82, 2.24) is 20.2 Å². The number of rotatable bonds is 4. The molecule has 0 radical (unpaired) electrons. The number of amides is 2. The van der Waals surface area contributed by atoms with Crippen LogP contribution < -0.4 is 5.32 Å². The van der Waals surface area contributed by atoms with Gasteiger partial charge in [0.05, 0.1) is 17.3 Å². The predicted molar refractivity (Wildman–Crippen MR) is 98.4 cm³/mol. The summed E-state index contributed by atoms with van der Waals surface area (Å²) in [5, 5.41) is 2.90. The van der Waals surface area contributed by atoms with Gasteiger partial charge in [-0.05, 0) is 31.7 Å². The highest BCUT2D eigenvalue weighted by Crippen LogP contribution is 2.29. The van der Waals surface area contributed by atoms with Crippen LogP contribution in [0.1, 0.15) is 59.7 Å². The Balaban J connectivity index is 1.72. The van der Waals surface area contributed by atoms with Crippen molar-refractivity contribution in [1.29, 1.82) is 0 Å². The van der Waals surface area contributed by atoms with E-state index in [4.69, 9.17) is 0 Å². The van der Waals surface area contributed by atoms with Gasteiger partial charge in [0.2, 0.25) is 5.91 Å². The molecule has 2 heterocycles. The first kappa shape index (κ1) is 18.0. The van der Waals surface area contributed by atoms with Gasteiger partial charge in [-0.15, -0.1) is 0 Å². The lowest BCUT2D eigenvalue weighted by Crippen LogP contribution is -2.38. The highest BCUT2D eigenvalue weighted by molar-refractivity contribution is 5.94. The van der Waals surface area contributed by atoms with Crippen molar-refractivity contribution >= 4 is 11.8 Å². The number of nitrogens with zero attached hydrogens (tertiary/aromatic N) is 3. The molecular formula is C20H24N4O2. The third-order valence-corrected chi connectivity index (χ3v) is 4.74. The molecule has 1 aliphatic rings. The minimum absolute atomic E-state index is 0.0423. The van der Waals surface area contributed by atoms with Crippen LogP contribution in [0.3, 0.4) is 0 Å². The highest BCUT2D eigenvalue weighted by atomic mass is 16.2. The Labute approximate surface area is 153 Å². The fraction of sp³-hybridized carbons (Fsp3) is 0.400. The maximum absolute atomic E-state index is 12.4. The van der Waals surface area contributed by atoms with Crippen molar-refractivity contribution in [2.45, 2.75) is 45.7 Å². The molecule has 1 saturated heterocycles. The van der Waals surface area contributed by atoms with Gasteiger partial charge in [0, 0.05) is 26.2 Å². The van der Waals surface area contributed by atoms with Crippen LogP contribution in [0.4, 0.5) is 0 Å². The lowest BCUT2D eigenvalue weighted by molar-refractivity contribution is -0.132. The zero-order chi connectivity index (χ0) is 18.5. The molecule has 0 saturated carbocycles. The minimum Gasteiger partial charge on any atom is -0.348 e. The molecule has 1 aromatic carbocycles. The summed E-state index contributed by atoms with van der Waals surface area (Å²) >= 11 is 0. The molecule has 1 unspecified atom stereocenters. The van der Waals surface area contributed by atoms with Crippen molar-refractivity contribution in [3.05, 3.63) is 59.2 Å². The molecule has 1 atom stereocenters. The second-order valence-electron chi connectivity index (χ2n) is 6.62. The van der Waals surface area contributed by atoms with E-state index in [1.165, 1.54) is 0 Å². The van der Waals surface area contributed by atoms with E-state index in [1.54, 1.807) is 13.1 Å². The summed E-state index contributed by atoms with van der Waals surface area (Å²) < 4.78 is 0. The third kappa shape index (κ3) is 4.07. The van der Waals surface area contributed by atoms with Gasteiger partial charge < -0.3 is 10.2 Å². The second-order valence-corrected chi connectivity index (χ2v) is 6.62. The SMILES string of the molecule is CC(=O)N1CCCCC1c1ncc(C(=O)NCc2ccccc2)c(C)n1.